The number of methoxy groups -OCH3 is 1. The van der Waals surface area contributed by atoms with Crippen molar-refractivity contribution in [3.05, 3.63) is 47.6 Å². The van der Waals surface area contributed by atoms with Crippen LogP contribution in [0.25, 0.3) is 0 Å². The summed E-state index contributed by atoms with van der Waals surface area (Å²) < 4.78 is 10.2. The average molecular weight is 247 g/mol. The third-order valence-corrected chi connectivity index (χ3v) is 2.87. The monoisotopic (exact) mass is 247 g/mol. The fourth-order valence-corrected chi connectivity index (χ4v) is 1.76. The number of nitrogens with two attached hydrogens (primary N) is 1. The van der Waals surface area contributed by atoms with E-state index in [-0.39, 0.29) is 12.0 Å². The Labute approximate surface area is 106 Å². The predicted molar refractivity (Wildman–Crippen MR) is 66.8 cm³/mol. The number of ether oxygens (including phenoxy) is 1. The number of nitrogens with zero attached hydrogens (tertiary/aromatic N) is 2. The molecule has 0 aliphatic rings. The van der Waals surface area contributed by atoms with Crippen LogP contribution in [0.2, 0.25) is 0 Å². The minimum Gasteiger partial charge on any atom is -0.377 e. The van der Waals surface area contributed by atoms with E-state index in [9.17, 15) is 0 Å². The molecule has 18 heavy (non-hydrogen) atoms. The minimum atomic E-state index is -0.165. The zero-order chi connectivity index (χ0) is 13.0. The molecule has 2 atom stereocenters. The van der Waals surface area contributed by atoms with Crippen LogP contribution in [0.1, 0.15) is 36.2 Å². The highest BCUT2D eigenvalue weighted by Crippen LogP contribution is 2.27. The summed E-state index contributed by atoms with van der Waals surface area (Å²) in [5.41, 5.74) is 7.25. The summed E-state index contributed by atoms with van der Waals surface area (Å²) >= 11 is 0. The van der Waals surface area contributed by atoms with Gasteiger partial charge in [0.1, 0.15) is 6.61 Å². The molecule has 5 nitrogen and oxygen atoms in total. The van der Waals surface area contributed by atoms with Gasteiger partial charge < -0.3 is 15.0 Å². The first-order valence-electron chi connectivity index (χ1n) is 5.84. The highest BCUT2D eigenvalue weighted by atomic mass is 16.5. The van der Waals surface area contributed by atoms with Crippen LogP contribution in [0.15, 0.2) is 34.9 Å². The Bertz CT molecular complexity index is 484. The zero-order valence-electron chi connectivity index (χ0n) is 10.5. The summed E-state index contributed by atoms with van der Waals surface area (Å²) in [7, 11) is 1.59. The van der Waals surface area contributed by atoms with Crippen molar-refractivity contribution in [2.45, 2.75) is 25.5 Å². The molecule has 0 saturated heterocycles. The van der Waals surface area contributed by atoms with Crippen LogP contribution < -0.4 is 5.73 Å². The number of aromatic nitrogens is 2. The molecule has 0 radical (unpaired) electrons. The summed E-state index contributed by atoms with van der Waals surface area (Å²) in [5.74, 6) is 1.04. The quantitative estimate of drug-likeness (QED) is 0.874. The van der Waals surface area contributed by atoms with E-state index in [2.05, 4.69) is 10.1 Å². The van der Waals surface area contributed by atoms with E-state index in [0.717, 1.165) is 5.56 Å². The summed E-state index contributed by atoms with van der Waals surface area (Å²) in [5, 5.41) is 3.84. The topological polar surface area (TPSA) is 74.2 Å². The number of hydrogen-bond donors (Lipinski definition) is 1. The maximum Gasteiger partial charge on any atom is 0.231 e. The lowest BCUT2D eigenvalue weighted by molar-refractivity contribution is 0.174. The fourth-order valence-electron chi connectivity index (χ4n) is 1.76. The Balaban J connectivity index is 2.12. The van der Waals surface area contributed by atoms with Crippen molar-refractivity contribution < 1.29 is 9.26 Å². The third-order valence-electron chi connectivity index (χ3n) is 2.87. The van der Waals surface area contributed by atoms with Gasteiger partial charge in [-0.1, -0.05) is 42.4 Å². The highest BCUT2D eigenvalue weighted by Gasteiger charge is 2.22. The normalized spacial score (nSPS) is 14.4. The Kier molecular flexibility index (Phi) is 4.07. The van der Waals surface area contributed by atoms with Crippen molar-refractivity contribution in [1.82, 2.24) is 10.1 Å². The van der Waals surface area contributed by atoms with Crippen molar-refractivity contribution in [3.63, 3.8) is 0 Å². The van der Waals surface area contributed by atoms with E-state index in [4.69, 9.17) is 15.0 Å². The average Bonchev–Trinajstić information content (AvgIpc) is 2.87. The van der Waals surface area contributed by atoms with Gasteiger partial charge >= 0.3 is 0 Å². The van der Waals surface area contributed by atoms with Gasteiger partial charge in [0.15, 0.2) is 5.82 Å². The molecule has 0 amide bonds. The van der Waals surface area contributed by atoms with Gasteiger partial charge in [-0.2, -0.15) is 4.98 Å². The number of hydrogen-bond acceptors (Lipinski definition) is 5. The molecule has 1 aromatic carbocycles. The van der Waals surface area contributed by atoms with Crippen LogP contribution in [-0.4, -0.2) is 17.3 Å². The maximum atomic E-state index is 6.19. The first-order chi connectivity index (χ1) is 8.72. The fraction of sp³-hybridized carbons (Fsp3) is 0.385. The Morgan fingerprint density at radius 2 is 2.06 bits per heavy atom. The van der Waals surface area contributed by atoms with Gasteiger partial charge in [-0.25, -0.2) is 0 Å². The molecule has 0 fully saturated rings. The standard InChI is InChI=1S/C13H17N3O2/c1-9(12(14)10-6-4-3-5-7-10)13-15-11(8-17-2)16-18-13/h3-7,9,12H,8,14H2,1-2H3. The third kappa shape index (κ3) is 2.75. The molecule has 2 aromatic rings. The zero-order valence-corrected chi connectivity index (χ0v) is 10.5. The number of rotatable bonds is 5. The van der Waals surface area contributed by atoms with Crippen LogP contribution in [0, 0.1) is 0 Å². The second-order valence-electron chi connectivity index (χ2n) is 4.21. The van der Waals surface area contributed by atoms with Crippen molar-refractivity contribution >= 4 is 0 Å². The smallest absolute Gasteiger partial charge is 0.231 e. The lowest BCUT2D eigenvalue weighted by atomic mass is 9.95. The van der Waals surface area contributed by atoms with E-state index in [1.165, 1.54) is 0 Å². The van der Waals surface area contributed by atoms with E-state index in [0.29, 0.717) is 18.3 Å². The number of benzene rings is 1. The first kappa shape index (κ1) is 12.7. The van der Waals surface area contributed by atoms with Crippen LogP contribution in [0.5, 0.6) is 0 Å². The van der Waals surface area contributed by atoms with E-state index >= 15 is 0 Å². The second kappa shape index (κ2) is 5.75. The molecule has 2 unspecified atom stereocenters. The molecule has 0 aliphatic carbocycles. The van der Waals surface area contributed by atoms with Crippen LogP contribution in [0.3, 0.4) is 0 Å². The van der Waals surface area contributed by atoms with Gasteiger partial charge in [0.25, 0.3) is 0 Å². The summed E-state index contributed by atoms with van der Waals surface area (Å²) in [6.07, 6.45) is 0. The van der Waals surface area contributed by atoms with E-state index in [1.54, 1.807) is 7.11 Å². The molecule has 5 heteroatoms. The predicted octanol–water partition coefficient (Wildman–Crippen LogP) is 2.02. The Morgan fingerprint density at radius 3 is 2.72 bits per heavy atom. The molecule has 0 spiro atoms. The van der Waals surface area contributed by atoms with Gasteiger partial charge in [0.2, 0.25) is 5.89 Å². The Hall–Kier alpha value is -1.72. The van der Waals surface area contributed by atoms with Crippen LogP contribution >= 0.6 is 0 Å². The van der Waals surface area contributed by atoms with Gasteiger partial charge in [-0.05, 0) is 5.56 Å². The molecule has 0 bridgehead atoms. The maximum absolute atomic E-state index is 6.19. The van der Waals surface area contributed by atoms with E-state index < -0.39 is 0 Å². The van der Waals surface area contributed by atoms with Gasteiger partial charge in [0, 0.05) is 13.2 Å². The van der Waals surface area contributed by atoms with Crippen molar-refractivity contribution in [2.75, 3.05) is 7.11 Å². The van der Waals surface area contributed by atoms with Gasteiger partial charge in [-0.15, -0.1) is 0 Å². The molecular formula is C13H17N3O2. The molecule has 2 N–H and O–H groups in total. The molecule has 0 saturated carbocycles. The molecule has 2 rings (SSSR count). The lowest BCUT2D eigenvalue weighted by Crippen LogP contribution is -2.17. The van der Waals surface area contributed by atoms with Crippen molar-refractivity contribution in [3.8, 4) is 0 Å². The van der Waals surface area contributed by atoms with Crippen molar-refractivity contribution in [1.29, 1.82) is 0 Å². The summed E-state index contributed by atoms with van der Waals surface area (Å²) in [6, 6.07) is 9.71. The largest absolute Gasteiger partial charge is 0.377 e. The highest BCUT2D eigenvalue weighted by molar-refractivity contribution is 5.21. The van der Waals surface area contributed by atoms with E-state index in [1.807, 2.05) is 37.3 Å². The molecular weight excluding hydrogens is 230 g/mol. The van der Waals surface area contributed by atoms with Gasteiger partial charge in [0.05, 0.1) is 5.92 Å². The molecule has 1 aromatic heterocycles. The lowest BCUT2D eigenvalue weighted by Gasteiger charge is -2.16. The first-order valence-corrected chi connectivity index (χ1v) is 5.84. The van der Waals surface area contributed by atoms with Crippen LogP contribution in [-0.2, 0) is 11.3 Å². The molecule has 0 aliphatic heterocycles. The molecule has 96 valence electrons. The van der Waals surface area contributed by atoms with Crippen LogP contribution in [0.4, 0.5) is 0 Å². The summed E-state index contributed by atoms with van der Waals surface area (Å²) in [4.78, 5) is 4.26. The second-order valence-corrected chi connectivity index (χ2v) is 4.21. The Morgan fingerprint density at radius 1 is 1.33 bits per heavy atom. The van der Waals surface area contributed by atoms with Gasteiger partial charge in [-0.3, -0.25) is 0 Å². The SMILES string of the molecule is COCc1noc(C(C)C(N)c2ccccc2)n1. The summed E-state index contributed by atoms with van der Waals surface area (Å²) in [6.45, 7) is 2.32. The molecule has 1 heterocycles. The van der Waals surface area contributed by atoms with Crippen molar-refractivity contribution in [2.24, 2.45) is 5.73 Å². The minimum absolute atomic E-state index is 0.0366.